The lowest BCUT2D eigenvalue weighted by atomic mass is 10.2. The number of thiophene rings is 1. The molecule has 0 unspecified atom stereocenters. The van der Waals surface area contributed by atoms with Gasteiger partial charge in [0.15, 0.2) is 0 Å². The Morgan fingerprint density at radius 2 is 2.25 bits per heavy atom. The van der Waals surface area contributed by atoms with Crippen molar-refractivity contribution in [3.05, 3.63) is 57.0 Å². The second-order valence-electron chi connectivity index (χ2n) is 3.98. The monoisotopic (exact) mass is 292 g/mol. The van der Waals surface area contributed by atoms with Crippen molar-refractivity contribution in [3.8, 4) is 0 Å². The molecule has 0 atom stereocenters. The van der Waals surface area contributed by atoms with Crippen molar-refractivity contribution >= 4 is 28.0 Å². The molecule has 0 aliphatic carbocycles. The molecule has 0 aliphatic rings. The van der Waals surface area contributed by atoms with Crippen LogP contribution in [0.1, 0.15) is 15.9 Å². The van der Waals surface area contributed by atoms with E-state index in [2.05, 4.69) is 10.1 Å². The average molecular weight is 292 g/mol. The largest absolute Gasteiger partial charge is 0.465 e. The molecule has 0 fully saturated rings. The van der Waals surface area contributed by atoms with Crippen molar-refractivity contribution in [2.24, 2.45) is 0 Å². The SMILES string of the molecule is COC(=O)c1cccc(NCc2csc([N+](=O)[O-])c2)c1. The number of hydrogen-bond acceptors (Lipinski definition) is 6. The number of hydrogen-bond donors (Lipinski definition) is 1. The molecule has 0 aliphatic heterocycles. The third-order valence-corrected chi connectivity index (χ3v) is 3.53. The molecule has 0 radical (unpaired) electrons. The Morgan fingerprint density at radius 1 is 1.45 bits per heavy atom. The van der Waals surface area contributed by atoms with E-state index in [9.17, 15) is 14.9 Å². The predicted molar refractivity (Wildman–Crippen MR) is 76.1 cm³/mol. The fourth-order valence-corrected chi connectivity index (χ4v) is 2.36. The van der Waals surface area contributed by atoms with E-state index in [0.29, 0.717) is 12.1 Å². The lowest BCUT2D eigenvalue weighted by molar-refractivity contribution is -0.380. The molecule has 1 aromatic heterocycles. The van der Waals surface area contributed by atoms with Gasteiger partial charge in [-0.2, -0.15) is 0 Å². The van der Waals surface area contributed by atoms with Gasteiger partial charge < -0.3 is 10.1 Å². The molecule has 1 aromatic carbocycles. The minimum atomic E-state index is -0.411. The summed E-state index contributed by atoms with van der Waals surface area (Å²) in [4.78, 5) is 21.6. The van der Waals surface area contributed by atoms with Crippen molar-refractivity contribution in [2.75, 3.05) is 12.4 Å². The number of esters is 1. The molecule has 0 spiro atoms. The van der Waals surface area contributed by atoms with Crippen LogP contribution >= 0.6 is 11.3 Å². The van der Waals surface area contributed by atoms with Crippen molar-refractivity contribution in [1.82, 2.24) is 0 Å². The smallest absolute Gasteiger partial charge is 0.337 e. The number of carbonyl (C=O) groups is 1. The highest BCUT2D eigenvalue weighted by molar-refractivity contribution is 7.13. The molecule has 2 rings (SSSR count). The highest BCUT2D eigenvalue weighted by Crippen LogP contribution is 2.23. The van der Waals surface area contributed by atoms with Gasteiger partial charge >= 0.3 is 11.0 Å². The molecule has 1 N–H and O–H groups in total. The highest BCUT2D eigenvalue weighted by atomic mass is 32.1. The predicted octanol–water partition coefficient (Wildman–Crippen LogP) is 3.06. The van der Waals surface area contributed by atoms with E-state index in [1.165, 1.54) is 13.2 Å². The van der Waals surface area contributed by atoms with E-state index in [-0.39, 0.29) is 5.00 Å². The summed E-state index contributed by atoms with van der Waals surface area (Å²) in [7, 11) is 1.33. The van der Waals surface area contributed by atoms with Crippen molar-refractivity contribution in [3.63, 3.8) is 0 Å². The standard InChI is InChI=1S/C13H12N2O4S/c1-19-13(16)10-3-2-4-11(6-10)14-7-9-5-12(15(17)18)20-8-9/h2-6,8,14H,7H2,1H3. The normalized spacial score (nSPS) is 10.1. The van der Waals surface area contributed by atoms with Crippen molar-refractivity contribution < 1.29 is 14.5 Å². The first-order valence-electron chi connectivity index (χ1n) is 5.74. The Hall–Kier alpha value is -2.41. The summed E-state index contributed by atoms with van der Waals surface area (Å²) in [6.07, 6.45) is 0. The van der Waals surface area contributed by atoms with Crippen LogP contribution in [-0.2, 0) is 11.3 Å². The summed E-state index contributed by atoms with van der Waals surface area (Å²) >= 11 is 1.09. The fourth-order valence-electron chi connectivity index (χ4n) is 1.63. The van der Waals surface area contributed by atoms with E-state index in [0.717, 1.165) is 22.6 Å². The molecule has 20 heavy (non-hydrogen) atoms. The molecular formula is C13H12N2O4S. The van der Waals surface area contributed by atoms with Crippen LogP contribution in [-0.4, -0.2) is 18.0 Å². The average Bonchev–Trinajstić information content (AvgIpc) is 2.93. The third-order valence-electron chi connectivity index (χ3n) is 2.60. The number of rotatable bonds is 5. The summed E-state index contributed by atoms with van der Waals surface area (Å²) in [5.74, 6) is -0.403. The number of carbonyl (C=O) groups excluding carboxylic acids is 1. The van der Waals surface area contributed by atoms with Gasteiger partial charge in [0, 0.05) is 23.7 Å². The summed E-state index contributed by atoms with van der Waals surface area (Å²) < 4.78 is 4.64. The van der Waals surface area contributed by atoms with E-state index in [1.54, 1.807) is 23.6 Å². The van der Waals surface area contributed by atoms with Gasteiger partial charge in [-0.15, -0.1) is 0 Å². The number of ether oxygens (including phenoxy) is 1. The zero-order chi connectivity index (χ0) is 14.5. The van der Waals surface area contributed by atoms with Gasteiger partial charge in [0.25, 0.3) is 0 Å². The molecule has 104 valence electrons. The molecule has 0 amide bonds. The molecule has 0 saturated heterocycles. The van der Waals surface area contributed by atoms with E-state index in [4.69, 9.17) is 0 Å². The Morgan fingerprint density at radius 3 is 2.90 bits per heavy atom. The number of anilines is 1. The van der Waals surface area contributed by atoms with Crippen LogP contribution in [0, 0.1) is 10.1 Å². The second kappa shape index (κ2) is 6.16. The third kappa shape index (κ3) is 3.33. The first kappa shape index (κ1) is 14.0. The maximum absolute atomic E-state index is 11.4. The molecular weight excluding hydrogens is 280 g/mol. The number of methoxy groups -OCH3 is 1. The molecule has 7 heteroatoms. The fraction of sp³-hybridized carbons (Fsp3) is 0.154. The molecule has 1 heterocycles. The minimum Gasteiger partial charge on any atom is -0.465 e. The maximum atomic E-state index is 11.4. The molecule has 2 aromatic rings. The summed E-state index contributed by atoms with van der Waals surface area (Å²) in [6, 6.07) is 8.42. The van der Waals surface area contributed by atoms with Gasteiger partial charge in [-0.1, -0.05) is 17.4 Å². The Kier molecular flexibility index (Phi) is 4.31. The maximum Gasteiger partial charge on any atom is 0.337 e. The topological polar surface area (TPSA) is 81.5 Å². The zero-order valence-electron chi connectivity index (χ0n) is 10.7. The molecule has 6 nitrogen and oxygen atoms in total. The number of nitrogens with zero attached hydrogens (tertiary/aromatic N) is 1. The minimum absolute atomic E-state index is 0.116. The van der Waals surface area contributed by atoms with Gasteiger partial charge in [0.2, 0.25) is 0 Å². The van der Waals surface area contributed by atoms with Crippen LogP contribution in [0.15, 0.2) is 35.7 Å². The lowest BCUT2D eigenvalue weighted by Gasteiger charge is -2.06. The summed E-state index contributed by atoms with van der Waals surface area (Å²) in [6.45, 7) is 0.453. The van der Waals surface area contributed by atoms with E-state index in [1.807, 2.05) is 6.07 Å². The summed E-state index contributed by atoms with van der Waals surface area (Å²) in [5, 5.41) is 15.5. The van der Waals surface area contributed by atoms with Crippen LogP contribution in [0.2, 0.25) is 0 Å². The number of benzene rings is 1. The van der Waals surface area contributed by atoms with Gasteiger partial charge in [0.1, 0.15) is 0 Å². The van der Waals surface area contributed by atoms with Crippen LogP contribution in [0.4, 0.5) is 10.7 Å². The lowest BCUT2D eigenvalue weighted by Crippen LogP contribution is -2.03. The van der Waals surface area contributed by atoms with E-state index < -0.39 is 10.9 Å². The van der Waals surface area contributed by atoms with Crippen LogP contribution in [0.3, 0.4) is 0 Å². The quantitative estimate of drug-likeness (QED) is 0.520. The number of nitro groups is 1. The van der Waals surface area contributed by atoms with Gasteiger partial charge in [-0.3, -0.25) is 10.1 Å². The van der Waals surface area contributed by atoms with Crippen LogP contribution in [0.25, 0.3) is 0 Å². The van der Waals surface area contributed by atoms with Crippen molar-refractivity contribution in [1.29, 1.82) is 0 Å². The Labute approximate surface area is 119 Å². The van der Waals surface area contributed by atoms with Gasteiger partial charge in [0.05, 0.1) is 17.6 Å². The number of nitrogens with one attached hydrogen (secondary N) is 1. The highest BCUT2D eigenvalue weighted by Gasteiger charge is 2.10. The van der Waals surface area contributed by atoms with Gasteiger partial charge in [-0.25, -0.2) is 4.79 Å². The molecule has 0 saturated carbocycles. The Balaban J connectivity index is 2.03. The van der Waals surface area contributed by atoms with Crippen LogP contribution < -0.4 is 5.32 Å². The second-order valence-corrected chi connectivity index (χ2v) is 4.87. The van der Waals surface area contributed by atoms with Gasteiger partial charge in [-0.05, 0) is 23.8 Å². The first-order valence-corrected chi connectivity index (χ1v) is 6.62. The van der Waals surface area contributed by atoms with Crippen LogP contribution in [0.5, 0.6) is 0 Å². The molecule has 0 bridgehead atoms. The van der Waals surface area contributed by atoms with E-state index >= 15 is 0 Å². The zero-order valence-corrected chi connectivity index (χ0v) is 11.5. The first-order chi connectivity index (χ1) is 9.60. The summed E-state index contributed by atoms with van der Waals surface area (Å²) in [5.41, 5.74) is 2.03. The Bertz CT molecular complexity index is 639. The van der Waals surface area contributed by atoms with Crippen molar-refractivity contribution in [2.45, 2.75) is 6.54 Å².